The van der Waals surface area contributed by atoms with Crippen LogP contribution in [0.1, 0.15) is 0 Å². The summed E-state index contributed by atoms with van der Waals surface area (Å²) in [5.41, 5.74) is 0.381. The fraction of sp³-hybridized carbons (Fsp3) is 0.133. The van der Waals surface area contributed by atoms with Crippen LogP contribution in [-0.2, 0) is 10.1 Å². The molecule has 2 amide bonds. The van der Waals surface area contributed by atoms with Gasteiger partial charge in [0, 0.05) is 18.1 Å². The van der Waals surface area contributed by atoms with E-state index in [9.17, 15) is 17.6 Å². The number of halogens is 2. The first-order chi connectivity index (χ1) is 11.4. The molecule has 0 heterocycles. The van der Waals surface area contributed by atoms with Gasteiger partial charge in [-0.15, -0.1) is 11.6 Å². The number of carbonyl (C=O) groups excluding carboxylic acids is 1. The topological polar surface area (TPSA) is 84.5 Å². The molecule has 0 saturated heterocycles. The smallest absolute Gasteiger partial charge is 0.339 e. The van der Waals surface area contributed by atoms with Crippen LogP contribution in [0.3, 0.4) is 0 Å². The van der Waals surface area contributed by atoms with E-state index in [-0.39, 0.29) is 16.5 Å². The number of nitrogens with one attached hydrogen (secondary N) is 2. The minimum Gasteiger partial charge on any atom is -0.376 e. The molecule has 2 rings (SSSR count). The molecule has 6 nitrogen and oxygen atoms in total. The minimum absolute atomic E-state index is 0.169. The second-order valence-corrected chi connectivity index (χ2v) is 6.49. The maximum Gasteiger partial charge on any atom is 0.339 e. The minimum atomic E-state index is -4.18. The quantitative estimate of drug-likeness (QED) is 0.603. The Bertz CT molecular complexity index is 812. The van der Waals surface area contributed by atoms with Gasteiger partial charge in [-0.25, -0.2) is 9.18 Å². The third-order valence-corrected chi connectivity index (χ3v) is 4.25. The first kappa shape index (κ1) is 18.0. The average molecular weight is 373 g/mol. The standard InChI is InChI=1S/C15H14ClFN2O4S/c16-9-10-18-15(20)19-11-5-7-12(8-6-11)24(21,22)23-14-4-2-1-3-13(14)17/h1-8H,9-10H2,(H2,18,19,20). The number of benzene rings is 2. The van der Waals surface area contributed by atoms with Crippen LogP contribution in [0.2, 0.25) is 0 Å². The van der Waals surface area contributed by atoms with Crippen molar-refractivity contribution in [2.75, 3.05) is 17.7 Å². The fourth-order valence-electron chi connectivity index (χ4n) is 1.72. The van der Waals surface area contributed by atoms with Crippen molar-refractivity contribution in [3.63, 3.8) is 0 Å². The molecule has 0 atom stereocenters. The van der Waals surface area contributed by atoms with E-state index in [4.69, 9.17) is 15.8 Å². The lowest BCUT2D eigenvalue weighted by molar-refractivity contribution is 0.252. The number of carbonyl (C=O) groups is 1. The van der Waals surface area contributed by atoms with Crippen LogP contribution in [-0.4, -0.2) is 26.9 Å². The lowest BCUT2D eigenvalue weighted by atomic mass is 10.3. The van der Waals surface area contributed by atoms with Crippen molar-refractivity contribution in [2.45, 2.75) is 4.90 Å². The van der Waals surface area contributed by atoms with Crippen LogP contribution in [0.25, 0.3) is 0 Å². The van der Waals surface area contributed by atoms with E-state index in [1.807, 2.05) is 0 Å². The van der Waals surface area contributed by atoms with E-state index in [0.717, 1.165) is 6.07 Å². The van der Waals surface area contributed by atoms with Gasteiger partial charge in [0.05, 0.1) is 0 Å². The molecule has 0 bridgehead atoms. The van der Waals surface area contributed by atoms with E-state index < -0.39 is 22.0 Å². The summed E-state index contributed by atoms with van der Waals surface area (Å²) in [6.07, 6.45) is 0. The van der Waals surface area contributed by atoms with Gasteiger partial charge in [-0.1, -0.05) is 12.1 Å². The number of rotatable bonds is 6. The molecule has 0 aromatic heterocycles. The Hall–Kier alpha value is -2.32. The Morgan fingerprint density at radius 1 is 1.12 bits per heavy atom. The van der Waals surface area contributed by atoms with Crippen molar-refractivity contribution in [2.24, 2.45) is 0 Å². The maximum atomic E-state index is 13.5. The summed E-state index contributed by atoms with van der Waals surface area (Å²) in [6, 6.07) is 9.98. The van der Waals surface area contributed by atoms with Gasteiger partial charge in [0.1, 0.15) is 4.90 Å². The summed E-state index contributed by atoms with van der Waals surface area (Å²) in [4.78, 5) is 11.3. The zero-order chi connectivity index (χ0) is 17.6. The molecule has 0 radical (unpaired) electrons. The van der Waals surface area contributed by atoms with Crippen molar-refractivity contribution in [1.29, 1.82) is 0 Å². The second kappa shape index (κ2) is 7.98. The van der Waals surface area contributed by atoms with E-state index in [2.05, 4.69) is 10.6 Å². The largest absolute Gasteiger partial charge is 0.376 e. The number of hydrogen-bond acceptors (Lipinski definition) is 4. The van der Waals surface area contributed by atoms with Gasteiger partial charge in [0.15, 0.2) is 11.6 Å². The van der Waals surface area contributed by atoms with Crippen LogP contribution >= 0.6 is 11.6 Å². The molecule has 128 valence electrons. The molecule has 24 heavy (non-hydrogen) atoms. The molecule has 0 spiro atoms. The van der Waals surface area contributed by atoms with Crippen LogP contribution in [0.4, 0.5) is 14.9 Å². The van der Waals surface area contributed by atoms with Crippen molar-refractivity contribution in [3.05, 3.63) is 54.3 Å². The summed E-state index contributed by atoms with van der Waals surface area (Å²) in [6.45, 7) is 0.302. The number of alkyl halides is 1. The number of para-hydroxylation sites is 1. The zero-order valence-corrected chi connectivity index (χ0v) is 13.9. The predicted octanol–water partition coefficient (Wildman–Crippen LogP) is 2.95. The summed E-state index contributed by atoms with van der Waals surface area (Å²) in [5, 5.41) is 5.01. The molecule has 0 aliphatic heterocycles. The third-order valence-electron chi connectivity index (χ3n) is 2.82. The molecule has 0 aliphatic carbocycles. The molecular formula is C15H14ClFN2O4S. The Labute approximate surface area is 143 Å². The molecule has 0 aliphatic rings. The van der Waals surface area contributed by atoms with E-state index in [1.165, 1.54) is 42.5 Å². The van der Waals surface area contributed by atoms with Crippen LogP contribution in [0, 0.1) is 5.82 Å². The lowest BCUT2D eigenvalue weighted by Gasteiger charge is -2.09. The Balaban J connectivity index is 2.09. The van der Waals surface area contributed by atoms with Gasteiger partial charge in [-0.3, -0.25) is 0 Å². The summed E-state index contributed by atoms with van der Waals surface area (Å²) in [7, 11) is -4.18. The first-order valence-electron chi connectivity index (χ1n) is 6.82. The number of anilines is 1. The Kier molecular flexibility index (Phi) is 5.99. The summed E-state index contributed by atoms with van der Waals surface area (Å²) in [5.74, 6) is -0.895. The number of urea groups is 1. The number of amides is 2. The van der Waals surface area contributed by atoms with Crippen molar-refractivity contribution >= 4 is 33.4 Å². The van der Waals surface area contributed by atoms with Crippen molar-refractivity contribution < 1.29 is 21.8 Å². The maximum absolute atomic E-state index is 13.5. The Morgan fingerprint density at radius 3 is 2.42 bits per heavy atom. The fourth-order valence-corrected chi connectivity index (χ4v) is 2.75. The van der Waals surface area contributed by atoms with Gasteiger partial charge in [0.25, 0.3) is 0 Å². The van der Waals surface area contributed by atoms with Gasteiger partial charge in [0.2, 0.25) is 0 Å². The molecule has 9 heteroatoms. The SMILES string of the molecule is O=C(NCCCl)Nc1ccc(S(=O)(=O)Oc2ccccc2F)cc1. The highest BCUT2D eigenvalue weighted by atomic mass is 35.5. The number of hydrogen-bond donors (Lipinski definition) is 2. The van der Waals surface area contributed by atoms with Crippen molar-refractivity contribution in [3.8, 4) is 5.75 Å². The highest BCUT2D eigenvalue weighted by Gasteiger charge is 2.18. The zero-order valence-electron chi connectivity index (χ0n) is 12.3. The lowest BCUT2D eigenvalue weighted by Crippen LogP contribution is -2.30. The summed E-state index contributed by atoms with van der Waals surface area (Å²) >= 11 is 5.45. The third kappa shape index (κ3) is 4.84. The molecule has 2 N–H and O–H groups in total. The van der Waals surface area contributed by atoms with Gasteiger partial charge >= 0.3 is 16.1 Å². The van der Waals surface area contributed by atoms with Gasteiger partial charge < -0.3 is 14.8 Å². The van der Waals surface area contributed by atoms with Crippen molar-refractivity contribution in [1.82, 2.24) is 5.32 Å². The molecule has 0 unspecified atom stereocenters. The Morgan fingerprint density at radius 2 is 1.79 bits per heavy atom. The second-order valence-electron chi connectivity index (χ2n) is 4.56. The summed E-state index contributed by atoms with van der Waals surface area (Å²) < 4.78 is 42.5. The molecular weight excluding hydrogens is 359 g/mol. The monoisotopic (exact) mass is 372 g/mol. The van der Waals surface area contributed by atoms with Gasteiger partial charge in [-0.05, 0) is 36.4 Å². The van der Waals surface area contributed by atoms with Crippen LogP contribution in [0.5, 0.6) is 5.75 Å². The van der Waals surface area contributed by atoms with E-state index >= 15 is 0 Å². The van der Waals surface area contributed by atoms with Crippen LogP contribution in [0.15, 0.2) is 53.4 Å². The normalized spacial score (nSPS) is 10.9. The molecule has 0 fully saturated rings. The first-order valence-corrected chi connectivity index (χ1v) is 8.76. The van der Waals surface area contributed by atoms with Gasteiger partial charge in [-0.2, -0.15) is 8.42 Å². The molecule has 2 aromatic rings. The van der Waals surface area contributed by atoms with Crippen LogP contribution < -0.4 is 14.8 Å². The highest BCUT2D eigenvalue weighted by Crippen LogP contribution is 2.22. The molecule has 0 saturated carbocycles. The highest BCUT2D eigenvalue weighted by molar-refractivity contribution is 7.87. The predicted molar refractivity (Wildman–Crippen MR) is 88.4 cm³/mol. The van der Waals surface area contributed by atoms with E-state index in [1.54, 1.807) is 0 Å². The molecule has 2 aromatic carbocycles. The van der Waals surface area contributed by atoms with E-state index in [0.29, 0.717) is 12.2 Å². The average Bonchev–Trinajstić information content (AvgIpc) is 2.55.